The van der Waals surface area contributed by atoms with Crippen molar-refractivity contribution in [2.24, 2.45) is 0 Å². The molecule has 2 aromatic heterocycles. The quantitative estimate of drug-likeness (QED) is 0.727. The zero-order valence-electron chi connectivity index (χ0n) is 14.8. The van der Waals surface area contributed by atoms with Gasteiger partial charge in [0, 0.05) is 45.2 Å². The van der Waals surface area contributed by atoms with Gasteiger partial charge in [-0.1, -0.05) is 0 Å². The highest BCUT2D eigenvalue weighted by Crippen LogP contribution is 2.20. The normalized spacial score (nSPS) is 14.3. The second-order valence-corrected chi connectivity index (χ2v) is 6.02. The first kappa shape index (κ1) is 17.9. The van der Waals surface area contributed by atoms with Crippen molar-refractivity contribution in [1.82, 2.24) is 14.9 Å². The number of rotatable bonds is 6. The molecule has 0 bridgehead atoms. The van der Waals surface area contributed by atoms with E-state index >= 15 is 0 Å². The predicted molar refractivity (Wildman–Crippen MR) is 94.4 cm³/mol. The molecule has 0 atom stereocenters. The Balaban J connectivity index is 1.51. The molecule has 0 N–H and O–H groups in total. The van der Waals surface area contributed by atoms with Gasteiger partial charge < -0.3 is 19.0 Å². The highest BCUT2D eigenvalue weighted by Gasteiger charge is 2.22. The maximum absolute atomic E-state index is 12.2. The molecule has 3 heterocycles. The van der Waals surface area contributed by atoms with E-state index in [0.717, 1.165) is 5.69 Å². The van der Waals surface area contributed by atoms with Gasteiger partial charge in [0.2, 0.25) is 11.9 Å². The van der Waals surface area contributed by atoms with E-state index in [-0.39, 0.29) is 18.3 Å². The van der Waals surface area contributed by atoms with Crippen LogP contribution < -0.4 is 4.90 Å². The van der Waals surface area contributed by atoms with Gasteiger partial charge in [-0.2, -0.15) is 0 Å². The van der Waals surface area contributed by atoms with E-state index in [4.69, 9.17) is 4.42 Å². The van der Waals surface area contributed by atoms with Crippen molar-refractivity contribution in [3.05, 3.63) is 30.7 Å². The Bertz CT molecular complexity index is 739. The topological polar surface area (TPSA) is 88.8 Å². The summed E-state index contributed by atoms with van der Waals surface area (Å²) in [6, 6.07) is 5.49. The van der Waals surface area contributed by atoms with Gasteiger partial charge in [0.1, 0.15) is 5.69 Å². The van der Waals surface area contributed by atoms with Crippen LogP contribution in [0, 0.1) is 0 Å². The molecule has 0 aromatic carbocycles. The number of furan rings is 1. The van der Waals surface area contributed by atoms with Crippen molar-refractivity contribution < 1.29 is 18.7 Å². The number of hydrogen-bond acceptors (Lipinski definition) is 7. The van der Waals surface area contributed by atoms with Gasteiger partial charge in [-0.25, -0.2) is 9.97 Å². The lowest BCUT2D eigenvalue weighted by Crippen LogP contribution is -2.49. The monoisotopic (exact) mass is 358 g/mol. The third-order valence-electron chi connectivity index (χ3n) is 4.33. The summed E-state index contributed by atoms with van der Waals surface area (Å²) in [4.78, 5) is 36.1. The number of aromatic nitrogens is 2. The maximum atomic E-state index is 12.2. The van der Waals surface area contributed by atoms with Crippen LogP contribution in [0.15, 0.2) is 35.1 Å². The van der Waals surface area contributed by atoms with Crippen molar-refractivity contribution in [3.63, 3.8) is 0 Å². The standard InChI is InChI=1S/C18H22N4O4/c1-25-17(24)6-2-5-16(23)21-9-11-22(12-10-21)18-19-8-7-14(20-18)15-4-3-13-26-15/h3-4,7-8,13H,2,5-6,9-12H2,1H3. The zero-order valence-corrected chi connectivity index (χ0v) is 14.8. The highest BCUT2D eigenvalue weighted by atomic mass is 16.5. The van der Waals surface area contributed by atoms with Crippen LogP contribution >= 0.6 is 0 Å². The molecule has 1 aliphatic rings. The number of amides is 1. The van der Waals surface area contributed by atoms with E-state index in [0.29, 0.717) is 50.7 Å². The van der Waals surface area contributed by atoms with Crippen molar-refractivity contribution in [1.29, 1.82) is 0 Å². The molecule has 26 heavy (non-hydrogen) atoms. The van der Waals surface area contributed by atoms with E-state index in [1.165, 1.54) is 7.11 Å². The van der Waals surface area contributed by atoms with Crippen LogP contribution in [0.2, 0.25) is 0 Å². The SMILES string of the molecule is COC(=O)CCCC(=O)N1CCN(c2nccc(-c3ccco3)n2)CC1. The maximum Gasteiger partial charge on any atom is 0.305 e. The summed E-state index contributed by atoms with van der Waals surface area (Å²) in [5, 5.41) is 0. The molecule has 0 unspecified atom stereocenters. The molecule has 0 spiro atoms. The van der Waals surface area contributed by atoms with E-state index in [2.05, 4.69) is 19.6 Å². The number of ether oxygens (including phenoxy) is 1. The van der Waals surface area contributed by atoms with Crippen LogP contribution in [0.25, 0.3) is 11.5 Å². The summed E-state index contributed by atoms with van der Waals surface area (Å²) >= 11 is 0. The zero-order chi connectivity index (χ0) is 18.4. The first-order chi connectivity index (χ1) is 12.7. The lowest BCUT2D eigenvalue weighted by Gasteiger charge is -2.34. The van der Waals surface area contributed by atoms with Crippen LogP contribution in [0.4, 0.5) is 5.95 Å². The first-order valence-corrected chi connectivity index (χ1v) is 8.64. The average molecular weight is 358 g/mol. The van der Waals surface area contributed by atoms with Crippen molar-refractivity contribution in [2.45, 2.75) is 19.3 Å². The number of carbonyl (C=O) groups excluding carboxylic acids is 2. The fraction of sp³-hybridized carbons (Fsp3) is 0.444. The van der Waals surface area contributed by atoms with E-state index in [1.54, 1.807) is 12.5 Å². The van der Waals surface area contributed by atoms with Crippen molar-refractivity contribution >= 4 is 17.8 Å². The van der Waals surface area contributed by atoms with Crippen LogP contribution in [0.5, 0.6) is 0 Å². The molecular formula is C18H22N4O4. The lowest BCUT2D eigenvalue weighted by atomic mass is 10.2. The minimum absolute atomic E-state index is 0.0683. The number of hydrogen-bond donors (Lipinski definition) is 0. The number of methoxy groups -OCH3 is 1. The largest absolute Gasteiger partial charge is 0.469 e. The minimum atomic E-state index is -0.281. The van der Waals surface area contributed by atoms with Crippen LogP contribution in [0.3, 0.4) is 0 Å². The third kappa shape index (κ3) is 4.38. The van der Waals surface area contributed by atoms with Gasteiger partial charge in [-0.05, 0) is 24.6 Å². The fourth-order valence-electron chi connectivity index (χ4n) is 2.86. The smallest absolute Gasteiger partial charge is 0.305 e. The van der Waals surface area contributed by atoms with Gasteiger partial charge in [0.05, 0.1) is 13.4 Å². The summed E-state index contributed by atoms with van der Waals surface area (Å²) in [6.07, 6.45) is 4.47. The molecule has 1 aliphatic heterocycles. The van der Waals surface area contributed by atoms with Gasteiger partial charge in [-0.3, -0.25) is 9.59 Å². The summed E-state index contributed by atoms with van der Waals surface area (Å²) in [5.41, 5.74) is 0.737. The Labute approximate surface area is 151 Å². The number of esters is 1. The van der Waals surface area contributed by atoms with E-state index in [1.807, 2.05) is 23.1 Å². The number of nitrogens with zero attached hydrogens (tertiary/aromatic N) is 4. The summed E-state index contributed by atoms with van der Waals surface area (Å²) in [7, 11) is 1.35. The van der Waals surface area contributed by atoms with Crippen LogP contribution in [-0.2, 0) is 14.3 Å². The second-order valence-electron chi connectivity index (χ2n) is 6.02. The Morgan fingerprint density at radius 1 is 1.19 bits per heavy atom. The van der Waals surface area contributed by atoms with Gasteiger partial charge in [0.25, 0.3) is 0 Å². The second kappa shape index (κ2) is 8.46. The molecular weight excluding hydrogens is 336 g/mol. The Morgan fingerprint density at radius 3 is 2.69 bits per heavy atom. The summed E-state index contributed by atoms with van der Waals surface area (Å²) in [6.45, 7) is 2.57. The molecule has 0 radical (unpaired) electrons. The van der Waals surface area contributed by atoms with Crippen molar-refractivity contribution in [3.8, 4) is 11.5 Å². The first-order valence-electron chi connectivity index (χ1n) is 8.64. The average Bonchev–Trinajstić information content (AvgIpc) is 3.23. The summed E-state index contributed by atoms with van der Waals surface area (Å²) in [5.74, 6) is 1.12. The molecule has 1 saturated heterocycles. The number of piperazine rings is 1. The lowest BCUT2D eigenvalue weighted by molar-refractivity contribution is -0.140. The molecule has 138 valence electrons. The molecule has 8 nitrogen and oxygen atoms in total. The predicted octanol–water partition coefficient (Wildman–Crippen LogP) is 1.73. The van der Waals surface area contributed by atoms with Crippen LogP contribution in [-0.4, -0.2) is 60.0 Å². The van der Waals surface area contributed by atoms with E-state index in [9.17, 15) is 9.59 Å². The van der Waals surface area contributed by atoms with Crippen molar-refractivity contribution in [2.75, 3.05) is 38.2 Å². The number of carbonyl (C=O) groups is 2. The van der Waals surface area contributed by atoms with Gasteiger partial charge in [-0.15, -0.1) is 0 Å². The number of anilines is 1. The molecule has 1 amide bonds. The van der Waals surface area contributed by atoms with Gasteiger partial charge >= 0.3 is 5.97 Å². The Kier molecular flexibility index (Phi) is 5.83. The highest BCUT2D eigenvalue weighted by molar-refractivity contribution is 5.77. The van der Waals surface area contributed by atoms with Gasteiger partial charge in [0.15, 0.2) is 5.76 Å². The Hall–Kier alpha value is -2.90. The minimum Gasteiger partial charge on any atom is -0.469 e. The van der Waals surface area contributed by atoms with Crippen LogP contribution in [0.1, 0.15) is 19.3 Å². The third-order valence-corrected chi connectivity index (χ3v) is 4.33. The molecule has 0 saturated carbocycles. The molecule has 2 aromatic rings. The molecule has 0 aliphatic carbocycles. The molecule has 8 heteroatoms. The molecule has 3 rings (SSSR count). The Morgan fingerprint density at radius 2 is 2.00 bits per heavy atom. The van der Waals surface area contributed by atoms with E-state index < -0.39 is 0 Å². The summed E-state index contributed by atoms with van der Waals surface area (Å²) < 4.78 is 9.96. The molecule has 1 fully saturated rings. The fourth-order valence-corrected chi connectivity index (χ4v) is 2.86.